The van der Waals surface area contributed by atoms with Gasteiger partial charge in [-0.15, -0.1) is 0 Å². The van der Waals surface area contributed by atoms with Crippen molar-refractivity contribution in [2.75, 3.05) is 0 Å². The third-order valence-corrected chi connectivity index (χ3v) is 4.21. The van der Waals surface area contributed by atoms with Gasteiger partial charge in [0.05, 0.1) is 0 Å². The molecule has 0 aliphatic rings. The molecule has 0 radical (unpaired) electrons. The molecule has 0 saturated heterocycles. The molecule has 0 heterocycles. The van der Waals surface area contributed by atoms with Crippen LogP contribution in [0, 0.1) is 0 Å². The van der Waals surface area contributed by atoms with Gasteiger partial charge in [-0.1, -0.05) is 101 Å². The Bertz CT molecular complexity index is 395. The lowest BCUT2D eigenvalue weighted by molar-refractivity contribution is 0.474. The van der Waals surface area contributed by atoms with Crippen molar-refractivity contribution >= 4 is 6.08 Å². The fourth-order valence-electron chi connectivity index (χ4n) is 2.77. The molecule has 0 aliphatic heterocycles. The van der Waals surface area contributed by atoms with Gasteiger partial charge < -0.3 is 5.11 Å². The van der Waals surface area contributed by atoms with Crippen LogP contribution in [0.15, 0.2) is 30.3 Å². The predicted octanol–water partition coefficient (Wildman–Crippen LogP) is 7.11. The summed E-state index contributed by atoms with van der Waals surface area (Å²) in [5, 5.41) is 9.65. The first-order valence-electron chi connectivity index (χ1n) is 9.29. The highest BCUT2D eigenvalue weighted by atomic mass is 16.3. The highest BCUT2D eigenvalue weighted by Gasteiger charge is 1.94. The maximum absolute atomic E-state index is 9.65. The van der Waals surface area contributed by atoms with E-state index < -0.39 is 0 Å². The van der Waals surface area contributed by atoms with Gasteiger partial charge in [0.1, 0.15) is 5.75 Å². The van der Waals surface area contributed by atoms with Gasteiger partial charge >= 0.3 is 0 Å². The van der Waals surface area contributed by atoms with Crippen molar-refractivity contribution in [1.82, 2.24) is 0 Å². The summed E-state index contributed by atoms with van der Waals surface area (Å²) < 4.78 is 0. The van der Waals surface area contributed by atoms with Crippen LogP contribution in [0.1, 0.15) is 89.5 Å². The van der Waals surface area contributed by atoms with E-state index in [9.17, 15) is 5.11 Å². The number of phenols is 1. The summed E-state index contributed by atoms with van der Waals surface area (Å²) in [6, 6.07) is 7.51. The summed E-state index contributed by atoms with van der Waals surface area (Å²) in [4.78, 5) is 0. The Balaban J connectivity index is 1.89. The molecule has 124 valence electrons. The summed E-state index contributed by atoms with van der Waals surface area (Å²) in [5.74, 6) is 0.373. The molecule has 1 aromatic carbocycles. The molecule has 0 aliphatic carbocycles. The molecule has 0 saturated carbocycles. The lowest BCUT2D eigenvalue weighted by atomic mass is 10.0. The molecule has 1 aromatic rings. The van der Waals surface area contributed by atoms with Crippen molar-refractivity contribution in [3.05, 3.63) is 35.9 Å². The van der Waals surface area contributed by atoms with E-state index in [0.717, 1.165) is 12.0 Å². The fourth-order valence-corrected chi connectivity index (χ4v) is 2.77. The van der Waals surface area contributed by atoms with E-state index in [2.05, 4.69) is 13.0 Å². The number of para-hydroxylation sites is 1. The first-order valence-corrected chi connectivity index (χ1v) is 9.29. The van der Waals surface area contributed by atoms with Crippen molar-refractivity contribution in [2.24, 2.45) is 0 Å². The van der Waals surface area contributed by atoms with Crippen LogP contribution in [0.4, 0.5) is 0 Å². The summed E-state index contributed by atoms with van der Waals surface area (Å²) >= 11 is 0. The van der Waals surface area contributed by atoms with E-state index in [4.69, 9.17) is 0 Å². The average molecular weight is 303 g/mol. The maximum atomic E-state index is 9.65. The Kier molecular flexibility index (Phi) is 11.5. The van der Waals surface area contributed by atoms with Gasteiger partial charge in [-0.05, 0) is 18.9 Å². The van der Waals surface area contributed by atoms with Crippen LogP contribution in [-0.2, 0) is 0 Å². The SMILES string of the molecule is CCCCCCCCCCCCCC=Cc1ccccc1O. The summed E-state index contributed by atoms with van der Waals surface area (Å²) in [6.45, 7) is 2.28. The standard InChI is InChI=1S/C21H34O/c1-2-3-4-5-6-7-8-9-10-11-12-13-14-17-20-18-15-16-19-21(20)22/h14-19,22H,2-13H2,1H3. The summed E-state index contributed by atoms with van der Waals surface area (Å²) in [6.07, 6.45) is 20.6. The van der Waals surface area contributed by atoms with Crippen LogP contribution in [0.5, 0.6) is 5.75 Å². The fraction of sp³-hybridized carbons (Fsp3) is 0.619. The van der Waals surface area contributed by atoms with Gasteiger partial charge in [0.2, 0.25) is 0 Å². The van der Waals surface area contributed by atoms with E-state index >= 15 is 0 Å². The van der Waals surface area contributed by atoms with E-state index in [0.29, 0.717) is 5.75 Å². The van der Waals surface area contributed by atoms with Crippen molar-refractivity contribution in [3.63, 3.8) is 0 Å². The monoisotopic (exact) mass is 302 g/mol. The first-order chi connectivity index (χ1) is 10.8. The average Bonchev–Trinajstić information content (AvgIpc) is 2.53. The zero-order valence-corrected chi connectivity index (χ0v) is 14.4. The quantitative estimate of drug-likeness (QED) is 0.385. The minimum Gasteiger partial charge on any atom is -0.507 e. The number of benzene rings is 1. The molecule has 0 bridgehead atoms. The van der Waals surface area contributed by atoms with Crippen LogP contribution in [-0.4, -0.2) is 5.11 Å². The van der Waals surface area contributed by atoms with Gasteiger partial charge in [-0.3, -0.25) is 0 Å². The Hall–Kier alpha value is -1.24. The Labute approximate surface area is 137 Å². The topological polar surface area (TPSA) is 20.2 Å². The van der Waals surface area contributed by atoms with Gasteiger partial charge in [-0.2, -0.15) is 0 Å². The molecule has 0 unspecified atom stereocenters. The second kappa shape index (κ2) is 13.4. The molecular weight excluding hydrogens is 268 g/mol. The first kappa shape index (κ1) is 18.8. The number of hydrogen-bond acceptors (Lipinski definition) is 1. The van der Waals surface area contributed by atoms with Crippen LogP contribution in [0.2, 0.25) is 0 Å². The number of allylic oxidation sites excluding steroid dienone is 1. The highest BCUT2D eigenvalue weighted by Crippen LogP contribution is 2.18. The van der Waals surface area contributed by atoms with Gasteiger partial charge in [0, 0.05) is 5.56 Å². The van der Waals surface area contributed by atoms with Crippen molar-refractivity contribution in [1.29, 1.82) is 0 Å². The Morgan fingerprint density at radius 1 is 0.773 bits per heavy atom. The Morgan fingerprint density at radius 2 is 1.32 bits per heavy atom. The molecule has 1 heteroatoms. The van der Waals surface area contributed by atoms with Crippen molar-refractivity contribution in [3.8, 4) is 5.75 Å². The van der Waals surface area contributed by atoms with Crippen LogP contribution in [0.3, 0.4) is 0 Å². The molecule has 0 aromatic heterocycles. The third kappa shape index (κ3) is 9.65. The van der Waals surface area contributed by atoms with E-state index in [1.165, 1.54) is 70.6 Å². The largest absolute Gasteiger partial charge is 0.507 e. The number of unbranched alkanes of at least 4 members (excludes halogenated alkanes) is 11. The lowest BCUT2D eigenvalue weighted by Gasteiger charge is -2.02. The second-order valence-electron chi connectivity index (χ2n) is 6.29. The number of aromatic hydroxyl groups is 1. The third-order valence-electron chi connectivity index (χ3n) is 4.21. The summed E-state index contributed by atoms with van der Waals surface area (Å²) in [5.41, 5.74) is 0.922. The molecule has 1 rings (SSSR count). The maximum Gasteiger partial charge on any atom is 0.122 e. The number of phenolic OH excluding ortho intramolecular Hbond substituents is 1. The van der Waals surface area contributed by atoms with Gasteiger partial charge in [0.15, 0.2) is 0 Å². The zero-order valence-electron chi connectivity index (χ0n) is 14.4. The Morgan fingerprint density at radius 3 is 1.91 bits per heavy atom. The van der Waals surface area contributed by atoms with Crippen LogP contribution >= 0.6 is 0 Å². The van der Waals surface area contributed by atoms with E-state index in [-0.39, 0.29) is 0 Å². The van der Waals surface area contributed by atoms with E-state index in [1.54, 1.807) is 6.07 Å². The number of rotatable bonds is 13. The van der Waals surface area contributed by atoms with Crippen molar-refractivity contribution < 1.29 is 5.11 Å². The summed E-state index contributed by atoms with van der Waals surface area (Å²) in [7, 11) is 0. The minimum atomic E-state index is 0.373. The predicted molar refractivity (Wildman–Crippen MR) is 98.2 cm³/mol. The van der Waals surface area contributed by atoms with Gasteiger partial charge in [0.25, 0.3) is 0 Å². The highest BCUT2D eigenvalue weighted by molar-refractivity contribution is 5.56. The molecule has 1 N–H and O–H groups in total. The molecular formula is C21H34O. The molecule has 0 amide bonds. The lowest BCUT2D eigenvalue weighted by Crippen LogP contribution is -1.82. The molecule has 0 atom stereocenters. The molecule has 0 fully saturated rings. The van der Waals surface area contributed by atoms with Crippen LogP contribution < -0.4 is 0 Å². The number of hydrogen-bond donors (Lipinski definition) is 1. The smallest absolute Gasteiger partial charge is 0.122 e. The molecule has 22 heavy (non-hydrogen) atoms. The second-order valence-corrected chi connectivity index (χ2v) is 6.29. The van der Waals surface area contributed by atoms with Gasteiger partial charge in [-0.25, -0.2) is 0 Å². The molecule has 1 nitrogen and oxygen atoms in total. The van der Waals surface area contributed by atoms with E-state index in [1.807, 2.05) is 24.3 Å². The molecule has 0 spiro atoms. The minimum absolute atomic E-state index is 0.373. The van der Waals surface area contributed by atoms with Crippen molar-refractivity contribution in [2.45, 2.75) is 84.0 Å². The zero-order chi connectivity index (χ0) is 15.9. The normalized spacial score (nSPS) is 11.3. The van der Waals surface area contributed by atoms with Crippen LogP contribution in [0.25, 0.3) is 6.08 Å².